The van der Waals surface area contributed by atoms with Gasteiger partial charge in [0, 0.05) is 0 Å². The Hall–Kier alpha value is -1.54. The van der Waals surface area contributed by atoms with Gasteiger partial charge in [0.2, 0.25) is 0 Å². The number of benzene rings is 2. The van der Waals surface area contributed by atoms with E-state index in [0.717, 1.165) is 5.75 Å². The third kappa shape index (κ3) is 2.65. The molecule has 0 aliphatic carbocycles. The molecule has 0 aliphatic heterocycles. The molecular weight excluding hydrogens is 236 g/mol. The minimum atomic E-state index is -1.21. The van der Waals surface area contributed by atoms with Gasteiger partial charge in [0.15, 0.2) is 0 Å². The minimum Gasteiger partial charge on any atom is -0.497 e. The van der Waals surface area contributed by atoms with Crippen LogP contribution in [0.4, 0.5) is 0 Å². The highest BCUT2D eigenvalue weighted by Gasteiger charge is 2.22. The lowest BCUT2D eigenvalue weighted by Crippen LogP contribution is -2.45. The summed E-state index contributed by atoms with van der Waals surface area (Å²) in [5, 5.41) is 2.89. The summed E-state index contributed by atoms with van der Waals surface area (Å²) in [4.78, 5) is 0. The minimum absolute atomic E-state index is 0.670. The zero-order chi connectivity index (χ0) is 13.0. The van der Waals surface area contributed by atoms with Crippen LogP contribution in [0.15, 0.2) is 54.6 Å². The Morgan fingerprint density at radius 1 is 0.889 bits per heavy atom. The maximum absolute atomic E-state index is 5.53. The lowest BCUT2D eigenvalue weighted by molar-refractivity contribution is 0.418. The standard InChI is InChI=1S/C16H20OSi/c1-13(2)18(14-9-5-4-6-10-14)16-12-8-7-11-15(16)17-3/h4-13,18H,1-3H3. The van der Waals surface area contributed by atoms with Gasteiger partial charge in [0.05, 0.1) is 7.11 Å². The van der Waals surface area contributed by atoms with Crippen molar-refractivity contribution in [3.05, 3.63) is 54.6 Å². The predicted octanol–water partition coefficient (Wildman–Crippen LogP) is 2.45. The Bertz CT molecular complexity index is 493. The van der Waals surface area contributed by atoms with Crippen LogP contribution in [-0.2, 0) is 0 Å². The zero-order valence-electron chi connectivity index (χ0n) is 11.3. The molecule has 0 fully saturated rings. The highest BCUT2D eigenvalue weighted by atomic mass is 28.3. The molecule has 0 aliphatic rings. The van der Waals surface area contributed by atoms with Gasteiger partial charge in [-0.3, -0.25) is 0 Å². The highest BCUT2D eigenvalue weighted by Crippen LogP contribution is 2.14. The van der Waals surface area contributed by atoms with E-state index in [1.807, 2.05) is 6.07 Å². The van der Waals surface area contributed by atoms with E-state index in [4.69, 9.17) is 4.74 Å². The van der Waals surface area contributed by atoms with Crippen molar-refractivity contribution in [2.75, 3.05) is 7.11 Å². The van der Waals surface area contributed by atoms with Gasteiger partial charge in [-0.1, -0.05) is 67.6 Å². The quantitative estimate of drug-likeness (QED) is 0.764. The third-order valence-corrected chi connectivity index (χ3v) is 6.88. The van der Waals surface area contributed by atoms with Crippen LogP contribution in [0, 0.1) is 0 Å². The van der Waals surface area contributed by atoms with Crippen LogP contribution in [0.1, 0.15) is 13.8 Å². The second-order valence-electron chi connectivity index (χ2n) is 4.87. The molecule has 2 aromatic rings. The summed E-state index contributed by atoms with van der Waals surface area (Å²) < 4.78 is 5.53. The molecule has 0 spiro atoms. The molecule has 1 atom stereocenters. The van der Waals surface area contributed by atoms with E-state index < -0.39 is 8.80 Å². The zero-order valence-corrected chi connectivity index (χ0v) is 12.4. The number of ether oxygens (including phenoxy) is 1. The number of methoxy groups -OCH3 is 1. The number of rotatable bonds is 4. The maximum atomic E-state index is 5.53. The van der Waals surface area contributed by atoms with Crippen LogP contribution >= 0.6 is 0 Å². The van der Waals surface area contributed by atoms with E-state index in [1.54, 1.807) is 7.11 Å². The van der Waals surface area contributed by atoms with Crippen molar-refractivity contribution in [3.63, 3.8) is 0 Å². The van der Waals surface area contributed by atoms with Gasteiger partial charge in [0.25, 0.3) is 0 Å². The predicted molar refractivity (Wildman–Crippen MR) is 81.0 cm³/mol. The van der Waals surface area contributed by atoms with Crippen molar-refractivity contribution in [1.29, 1.82) is 0 Å². The monoisotopic (exact) mass is 256 g/mol. The van der Waals surface area contributed by atoms with E-state index in [-0.39, 0.29) is 0 Å². The van der Waals surface area contributed by atoms with Crippen molar-refractivity contribution in [1.82, 2.24) is 0 Å². The Balaban J connectivity index is 2.49. The lowest BCUT2D eigenvalue weighted by Gasteiger charge is -2.22. The van der Waals surface area contributed by atoms with Crippen LogP contribution < -0.4 is 15.1 Å². The fourth-order valence-electron chi connectivity index (χ4n) is 2.51. The van der Waals surface area contributed by atoms with Gasteiger partial charge in [-0.15, -0.1) is 0 Å². The number of hydrogen-bond acceptors (Lipinski definition) is 1. The second-order valence-corrected chi connectivity index (χ2v) is 8.45. The summed E-state index contributed by atoms with van der Waals surface area (Å²) >= 11 is 0. The van der Waals surface area contributed by atoms with Crippen molar-refractivity contribution in [3.8, 4) is 5.75 Å². The van der Waals surface area contributed by atoms with Crippen LogP contribution in [0.2, 0.25) is 5.54 Å². The van der Waals surface area contributed by atoms with Crippen LogP contribution in [0.3, 0.4) is 0 Å². The summed E-state index contributed by atoms with van der Waals surface area (Å²) in [6, 6.07) is 19.3. The summed E-state index contributed by atoms with van der Waals surface area (Å²) in [7, 11) is 0.554. The molecule has 0 aromatic heterocycles. The maximum Gasteiger partial charge on any atom is 0.118 e. The fraction of sp³-hybridized carbons (Fsp3) is 0.250. The van der Waals surface area contributed by atoms with Crippen molar-refractivity contribution < 1.29 is 4.74 Å². The van der Waals surface area contributed by atoms with Gasteiger partial charge in [-0.25, -0.2) is 0 Å². The molecule has 0 saturated heterocycles. The van der Waals surface area contributed by atoms with E-state index in [9.17, 15) is 0 Å². The topological polar surface area (TPSA) is 9.23 Å². The summed E-state index contributed by atoms with van der Waals surface area (Å²) in [5.41, 5.74) is 0.670. The molecule has 0 N–H and O–H groups in total. The highest BCUT2D eigenvalue weighted by molar-refractivity contribution is 6.86. The van der Waals surface area contributed by atoms with E-state index in [0.29, 0.717) is 5.54 Å². The molecule has 0 radical (unpaired) electrons. The Morgan fingerprint density at radius 3 is 2.11 bits per heavy atom. The van der Waals surface area contributed by atoms with E-state index in [1.165, 1.54) is 10.4 Å². The molecule has 1 unspecified atom stereocenters. The largest absolute Gasteiger partial charge is 0.497 e. The Morgan fingerprint density at radius 2 is 1.50 bits per heavy atom. The molecule has 0 saturated carbocycles. The van der Waals surface area contributed by atoms with Gasteiger partial charge in [-0.2, -0.15) is 0 Å². The van der Waals surface area contributed by atoms with Crippen molar-refractivity contribution >= 4 is 19.2 Å². The van der Waals surface area contributed by atoms with E-state index >= 15 is 0 Å². The van der Waals surface area contributed by atoms with Crippen molar-refractivity contribution in [2.24, 2.45) is 0 Å². The molecule has 2 rings (SSSR count). The van der Waals surface area contributed by atoms with Gasteiger partial charge < -0.3 is 4.74 Å². The Kier molecular flexibility index (Phi) is 4.21. The van der Waals surface area contributed by atoms with Crippen molar-refractivity contribution in [2.45, 2.75) is 19.4 Å². The SMILES string of the molecule is COc1ccccc1[SiH](c1ccccc1)C(C)C. The van der Waals surface area contributed by atoms with Crippen LogP contribution in [0.25, 0.3) is 0 Å². The van der Waals surface area contributed by atoms with Gasteiger partial charge in [-0.05, 0) is 16.8 Å². The normalized spacial score (nSPS) is 12.4. The molecule has 2 heteroatoms. The van der Waals surface area contributed by atoms with Crippen LogP contribution in [0.5, 0.6) is 5.75 Å². The molecule has 0 heterocycles. The molecule has 1 nitrogen and oxygen atoms in total. The molecule has 94 valence electrons. The molecular formula is C16H20OSi. The molecule has 0 bridgehead atoms. The average molecular weight is 256 g/mol. The summed E-state index contributed by atoms with van der Waals surface area (Å²) in [6.45, 7) is 4.63. The first kappa shape index (κ1) is 12.9. The van der Waals surface area contributed by atoms with Gasteiger partial charge in [0.1, 0.15) is 14.5 Å². The molecule has 0 amide bonds. The first-order chi connectivity index (χ1) is 8.74. The molecule has 18 heavy (non-hydrogen) atoms. The summed E-state index contributed by atoms with van der Waals surface area (Å²) in [6.07, 6.45) is 0. The number of hydrogen-bond donors (Lipinski definition) is 0. The van der Waals surface area contributed by atoms with Crippen LogP contribution in [-0.4, -0.2) is 15.9 Å². The van der Waals surface area contributed by atoms with Gasteiger partial charge >= 0.3 is 0 Å². The fourth-order valence-corrected chi connectivity index (χ4v) is 5.83. The molecule has 2 aromatic carbocycles. The third-order valence-electron chi connectivity index (χ3n) is 3.30. The first-order valence-electron chi connectivity index (χ1n) is 6.42. The summed E-state index contributed by atoms with van der Waals surface area (Å²) in [5.74, 6) is 1.03. The Labute approximate surface area is 111 Å². The lowest BCUT2D eigenvalue weighted by atomic mass is 10.3. The first-order valence-corrected chi connectivity index (χ1v) is 8.24. The number of para-hydroxylation sites is 1. The average Bonchev–Trinajstić information content (AvgIpc) is 2.40. The van der Waals surface area contributed by atoms with E-state index in [2.05, 4.69) is 62.4 Å². The smallest absolute Gasteiger partial charge is 0.118 e. The second kappa shape index (κ2) is 5.87.